The molecule has 0 saturated carbocycles. The van der Waals surface area contributed by atoms with Gasteiger partial charge in [0.1, 0.15) is 0 Å². The maximum Gasteiger partial charge on any atom is 0.385 e. The summed E-state index contributed by atoms with van der Waals surface area (Å²) in [5, 5.41) is 7.21. The summed E-state index contributed by atoms with van der Waals surface area (Å²) in [4.78, 5) is 33.7. The largest absolute Gasteiger partial charge is 0.385 e. The monoisotopic (exact) mass is 533 g/mol. The molecule has 5 rings (SSSR count). The molecule has 10 heteroatoms. The third-order valence-corrected chi connectivity index (χ3v) is 7.37. The number of aromatic nitrogens is 3. The van der Waals surface area contributed by atoms with Gasteiger partial charge in [0.2, 0.25) is 12.2 Å². The van der Waals surface area contributed by atoms with Crippen molar-refractivity contribution >= 4 is 46.6 Å². The molecule has 0 bridgehead atoms. The Balaban J connectivity index is 1.11. The average Bonchev–Trinajstić information content (AvgIpc) is 3.42. The van der Waals surface area contributed by atoms with Crippen molar-refractivity contribution in [2.24, 2.45) is 0 Å². The summed E-state index contributed by atoms with van der Waals surface area (Å²) in [6.45, 7) is 2.69. The zero-order chi connectivity index (χ0) is 25.6. The topological polar surface area (TPSA) is 85.2 Å². The average molecular weight is 534 g/mol. The Morgan fingerprint density at radius 3 is 2.38 bits per heavy atom. The Labute approximate surface area is 224 Å². The fourth-order valence-corrected chi connectivity index (χ4v) is 5.14. The minimum atomic E-state index is -0.105. The Morgan fingerprint density at radius 1 is 0.946 bits per heavy atom. The third-order valence-electron chi connectivity index (χ3n) is 6.09. The first-order valence-electron chi connectivity index (χ1n) is 11.9. The Hall–Kier alpha value is -3.82. The van der Waals surface area contributed by atoms with Crippen LogP contribution in [-0.2, 0) is 4.79 Å². The minimum Gasteiger partial charge on any atom is -0.368 e. The van der Waals surface area contributed by atoms with Gasteiger partial charge in [0.15, 0.2) is 5.69 Å². The van der Waals surface area contributed by atoms with E-state index in [-0.39, 0.29) is 17.6 Å². The zero-order valence-electron chi connectivity index (χ0n) is 20.0. The van der Waals surface area contributed by atoms with Crippen molar-refractivity contribution in [3.63, 3.8) is 0 Å². The molecule has 1 saturated heterocycles. The third kappa shape index (κ3) is 5.95. The summed E-state index contributed by atoms with van der Waals surface area (Å²) in [5.41, 5.74) is 3.28. The number of H-pyrrole nitrogens is 1. The number of amides is 2. The summed E-state index contributed by atoms with van der Waals surface area (Å²) < 4.78 is 1.84. The molecule has 1 aliphatic rings. The van der Waals surface area contributed by atoms with Crippen LogP contribution >= 0.6 is 23.4 Å². The summed E-state index contributed by atoms with van der Waals surface area (Å²) in [6.07, 6.45) is 1.61. The summed E-state index contributed by atoms with van der Waals surface area (Å²) in [6, 6.07) is 24.7. The van der Waals surface area contributed by atoms with E-state index in [4.69, 9.17) is 11.6 Å². The summed E-state index contributed by atoms with van der Waals surface area (Å²) >= 11 is 7.56. The van der Waals surface area contributed by atoms with Crippen molar-refractivity contribution in [2.45, 2.75) is 5.16 Å². The molecule has 0 aliphatic carbocycles. The quantitative estimate of drug-likeness (QED) is 0.277. The molecule has 3 aromatic carbocycles. The molecule has 0 unspecified atom stereocenters. The normalized spacial score (nSPS) is 13.4. The van der Waals surface area contributed by atoms with Crippen molar-refractivity contribution in [3.05, 3.63) is 95.8 Å². The summed E-state index contributed by atoms with van der Waals surface area (Å²) in [5.74, 6) is 0.0956. The lowest BCUT2D eigenvalue weighted by molar-refractivity contribution is -0.694. The van der Waals surface area contributed by atoms with E-state index < -0.39 is 0 Å². The number of aromatic amines is 1. The van der Waals surface area contributed by atoms with Crippen molar-refractivity contribution in [1.82, 2.24) is 15.0 Å². The number of carbonyl (C=O) groups excluding carboxylic acids is 2. The molecule has 2 N–H and O–H groups in total. The van der Waals surface area contributed by atoms with Crippen molar-refractivity contribution in [2.75, 3.05) is 42.1 Å². The maximum atomic E-state index is 12.8. The first-order chi connectivity index (χ1) is 18.1. The number of para-hydroxylation sites is 1. The van der Waals surface area contributed by atoms with Gasteiger partial charge in [-0.3, -0.25) is 9.59 Å². The van der Waals surface area contributed by atoms with Crippen LogP contribution in [0.5, 0.6) is 0 Å². The van der Waals surface area contributed by atoms with E-state index in [1.165, 1.54) is 11.8 Å². The van der Waals surface area contributed by atoms with Crippen LogP contribution in [0.1, 0.15) is 10.4 Å². The molecule has 8 nitrogen and oxygen atoms in total. The fourth-order valence-electron chi connectivity index (χ4n) is 4.17. The van der Waals surface area contributed by atoms with Gasteiger partial charge in [-0.25, -0.2) is 0 Å². The predicted molar refractivity (Wildman–Crippen MR) is 145 cm³/mol. The molecule has 1 fully saturated rings. The molecule has 2 heterocycles. The van der Waals surface area contributed by atoms with Crippen LogP contribution in [0.2, 0.25) is 5.02 Å². The first kappa shape index (κ1) is 24.9. The number of nitrogens with zero attached hydrogens (tertiary/aromatic N) is 4. The van der Waals surface area contributed by atoms with E-state index in [1.54, 1.807) is 18.5 Å². The van der Waals surface area contributed by atoms with E-state index in [1.807, 2.05) is 76.3 Å². The lowest BCUT2D eigenvalue weighted by Gasteiger charge is -2.36. The summed E-state index contributed by atoms with van der Waals surface area (Å²) in [7, 11) is 0. The van der Waals surface area contributed by atoms with Gasteiger partial charge in [-0.15, -0.1) is 4.68 Å². The molecule has 1 aromatic heterocycles. The predicted octanol–water partition coefficient (Wildman–Crippen LogP) is 4.03. The first-order valence-corrected chi connectivity index (χ1v) is 13.3. The Bertz CT molecular complexity index is 1370. The number of rotatable bonds is 7. The van der Waals surface area contributed by atoms with Crippen molar-refractivity contribution < 1.29 is 14.3 Å². The standard InChI is InChI=1S/C27H25ClN6O2S/c28-24-9-5-4-8-23(24)26(36)33-16-14-32(15-17-33)21-12-10-20(11-13-21)31-25(35)18-37-27-29-19-30-34(27)22-6-2-1-3-7-22/h1-13,19H,14-18H2,(H,31,35)/p+1. The maximum absolute atomic E-state index is 12.8. The number of halogens is 1. The number of carbonyl (C=O) groups is 2. The molecule has 37 heavy (non-hydrogen) atoms. The van der Waals surface area contributed by atoms with Gasteiger partial charge in [-0.2, -0.15) is 5.10 Å². The van der Waals surface area contributed by atoms with Gasteiger partial charge in [0, 0.05) is 37.6 Å². The molecule has 2 amide bonds. The lowest BCUT2D eigenvalue weighted by Crippen LogP contribution is -2.48. The van der Waals surface area contributed by atoms with Gasteiger partial charge in [0.25, 0.3) is 5.91 Å². The van der Waals surface area contributed by atoms with Gasteiger partial charge in [-0.1, -0.05) is 41.9 Å². The van der Waals surface area contributed by atoms with Crippen LogP contribution in [0, 0.1) is 0 Å². The Kier molecular flexibility index (Phi) is 7.72. The number of piperazine rings is 1. The van der Waals surface area contributed by atoms with Crippen LogP contribution in [0.4, 0.5) is 11.4 Å². The van der Waals surface area contributed by atoms with Crippen LogP contribution in [0.25, 0.3) is 5.69 Å². The number of thioether (sulfide) groups is 1. The molecule has 1 aliphatic heterocycles. The van der Waals surface area contributed by atoms with E-state index in [9.17, 15) is 9.59 Å². The number of benzene rings is 3. The highest BCUT2D eigenvalue weighted by Crippen LogP contribution is 2.22. The molecular weight excluding hydrogens is 508 g/mol. The SMILES string of the molecule is O=C(CSc1nc[nH][n+]1-c1ccccc1)Nc1ccc(N2CCN(C(=O)c3ccccc3Cl)CC2)cc1. The number of anilines is 2. The second-order valence-corrected chi connectivity index (χ2v) is 9.83. The van der Waals surface area contributed by atoms with E-state index in [0.29, 0.717) is 28.8 Å². The fraction of sp³-hybridized carbons (Fsp3) is 0.185. The molecule has 0 spiro atoms. The molecule has 4 aromatic rings. The molecule has 188 valence electrons. The highest BCUT2D eigenvalue weighted by Gasteiger charge is 2.24. The highest BCUT2D eigenvalue weighted by molar-refractivity contribution is 7.99. The van der Waals surface area contributed by atoms with Gasteiger partial charge in [-0.05, 0) is 65.3 Å². The molecule has 0 radical (unpaired) electrons. The van der Waals surface area contributed by atoms with Gasteiger partial charge < -0.3 is 15.1 Å². The lowest BCUT2D eigenvalue weighted by atomic mass is 10.1. The zero-order valence-corrected chi connectivity index (χ0v) is 21.6. The second kappa shape index (κ2) is 11.5. The smallest absolute Gasteiger partial charge is 0.368 e. The van der Waals surface area contributed by atoms with Gasteiger partial charge >= 0.3 is 5.16 Å². The molecular formula is C27H26ClN6O2S+. The van der Waals surface area contributed by atoms with Crippen LogP contribution in [0.3, 0.4) is 0 Å². The van der Waals surface area contributed by atoms with Crippen molar-refractivity contribution in [1.29, 1.82) is 0 Å². The van der Waals surface area contributed by atoms with Crippen molar-refractivity contribution in [3.8, 4) is 5.69 Å². The van der Waals surface area contributed by atoms with E-state index in [0.717, 1.165) is 30.2 Å². The highest BCUT2D eigenvalue weighted by atomic mass is 35.5. The number of nitrogens with one attached hydrogen (secondary N) is 2. The van der Waals surface area contributed by atoms with Gasteiger partial charge in [0.05, 0.1) is 16.3 Å². The Morgan fingerprint density at radius 2 is 1.65 bits per heavy atom. The molecule has 0 atom stereocenters. The second-order valence-electron chi connectivity index (χ2n) is 8.48. The minimum absolute atomic E-state index is 0.0368. The number of hydrogen-bond donors (Lipinski definition) is 2. The van der Waals surface area contributed by atoms with E-state index in [2.05, 4.69) is 20.3 Å². The van der Waals surface area contributed by atoms with Crippen LogP contribution in [-0.4, -0.2) is 58.7 Å². The van der Waals surface area contributed by atoms with Crippen LogP contribution < -0.4 is 14.9 Å². The van der Waals surface area contributed by atoms with Crippen LogP contribution in [0.15, 0.2) is 90.3 Å². The van der Waals surface area contributed by atoms with E-state index >= 15 is 0 Å². The number of hydrogen-bond acceptors (Lipinski definition) is 5.